The molecule has 0 saturated heterocycles. The number of nitrogens with zero attached hydrogens (tertiary/aromatic N) is 1. The smallest absolute Gasteiger partial charge is 0.348 e. The highest BCUT2D eigenvalue weighted by molar-refractivity contribution is 7.92. The van der Waals surface area contributed by atoms with E-state index in [0.717, 1.165) is 12.3 Å². The molecule has 2 rings (SSSR count). The molecule has 0 aliphatic rings. The number of amides is 1. The van der Waals surface area contributed by atoms with Crippen LogP contribution in [0.15, 0.2) is 42.5 Å². The Morgan fingerprint density at radius 3 is 2.28 bits per heavy atom. The Hall–Kier alpha value is -2.33. The molecule has 29 heavy (non-hydrogen) atoms. The van der Waals surface area contributed by atoms with E-state index in [1.807, 2.05) is 0 Å². The van der Waals surface area contributed by atoms with Crippen molar-refractivity contribution in [3.8, 4) is 0 Å². The first-order chi connectivity index (χ1) is 13.3. The lowest BCUT2D eigenvalue weighted by Crippen LogP contribution is -2.41. The molecular weight excluding hydrogens is 436 g/mol. The van der Waals surface area contributed by atoms with E-state index in [0.29, 0.717) is 22.0 Å². The van der Waals surface area contributed by atoms with Crippen molar-refractivity contribution in [3.63, 3.8) is 0 Å². The summed E-state index contributed by atoms with van der Waals surface area (Å²) in [6.45, 7) is 0.804. The van der Waals surface area contributed by atoms with Crippen LogP contribution in [0.4, 0.5) is 23.2 Å². The van der Waals surface area contributed by atoms with Crippen molar-refractivity contribution in [2.45, 2.75) is 19.1 Å². The second-order valence-corrected chi connectivity index (χ2v) is 8.59. The van der Waals surface area contributed by atoms with Gasteiger partial charge in [-0.1, -0.05) is 23.7 Å². The number of benzene rings is 2. The van der Waals surface area contributed by atoms with Crippen LogP contribution in [0.5, 0.6) is 0 Å². The van der Waals surface area contributed by atoms with E-state index in [2.05, 4.69) is 5.32 Å². The Kier molecular flexibility index (Phi) is 6.79. The van der Waals surface area contributed by atoms with E-state index in [1.165, 1.54) is 24.3 Å². The Morgan fingerprint density at radius 1 is 1.17 bits per heavy atom. The molecule has 0 spiro atoms. The number of rotatable bonds is 6. The average Bonchev–Trinajstić information content (AvgIpc) is 2.59. The van der Waals surface area contributed by atoms with Gasteiger partial charge in [-0.15, -0.1) is 0 Å². The van der Waals surface area contributed by atoms with Crippen molar-refractivity contribution >= 4 is 33.2 Å². The van der Waals surface area contributed by atoms with Crippen molar-refractivity contribution in [2.24, 2.45) is 0 Å². The zero-order chi connectivity index (χ0) is 22.0. The number of halogens is 5. The van der Waals surface area contributed by atoms with Crippen LogP contribution >= 0.6 is 11.6 Å². The highest BCUT2D eigenvalue weighted by atomic mass is 35.5. The maximum atomic E-state index is 13.0. The number of alkyl halides is 3. The predicted octanol–water partition coefficient (Wildman–Crippen LogP) is 4.14. The Balaban J connectivity index is 2.28. The summed E-state index contributed by atoms with van der Waals surface area (Å²) in [6, 6.07) is 6.88. The van der Waals surface area contributed by atoms with Crippen LogP contribution in [0.3, 0.4) is 0 Å². The number of carbonyl (C=O) groups is 1. The van der Waals surface area contributed by atoms with Gasteiger partial charge >= 0.3 is 6.18 Å². The van der Waals surface area contributed by atoms with Gasteiger partial charge in [-0.05, 0) is 42.8 Å². The summed E-state index contributed by atoms with van der Waals surface area (Å²) in [5, 5.41) is 2.26. The molecule has 0 bridgehead atoms. The van der Waals surface area contributed by atoms with Gasteiger partial charge in [-0.2, -0.15) is 13.2 Å². The maximum absolute atomic E-state index is 13.0. The van der Waals surface area contributed by atoms with E-state index in [1.54, 1.807) is 6.92 Å². The lowest BCUT2D eigenvalue weighted by molar-refractivity contribution is -0.137. The molecule has 11 heteroatoms. The SMILES string of the molecule is CC(NC(=O)CN(c1cc(C(F)(F)F)ccc1Cl)S(C)(=O)=O)c1ccc(F)cc1. The standard InChI is InChI=1S/C18H17ClF4N2O3S/c1-11(12-3-6-14(20)7-4-12)24-17(26)10-25(29(2,27)28)16-9-13(18(21,22)23)5-8-15(16)19/h3-9,11H,10H2,1-2H3,(H,24,26). The molecule has 0 aromatic heterocycles. The van der Waals surface area contributed by atoms with Gasteiger partial charge in [-0.25, -0.2) is 12.8 Å². The number of nitrogens with one attached hydrogen (secondary N) is 1. The van der Waals surface area contributed by atoms with Crippen molar-refractivity contribution in [3.05, 3.63) is 64.4 Å². The van der Waals surface area contributed by atoms with Gasteiger partial charge in [0.25, 0.3) is 0 Å². The first-order valence-electron chi connectivity index (χ1n) is 8.18. The van der Waals surface area contributed by atoms with E-state index in [4.69, 9.17) is 11.6 Å². The van der Waals surface area contributed by atoms with Gasteiger partial charge in [0.15, 0.2) is 0 Å². The third kappa shape index (κ3) is 6.07. The van der Waals surface area contributed by atoms with Gasteiger partial charge in [-0.3, -0.25) is 9.10 Å². The molecule has 0 saturated carbocycles. The molecule has 1 unspecified atom stereocenters. The first kappa shape index (κ1) is 23.0. The lowest BCUT2D eigenvalue weighted by Gasteiger charge is -2.25. The number of carbonyl (C=O) groups excluding carboxylic acids is 1. The number of hydrogen-bond acceptors (Lipinski definition) is 3. The summed E-state index contributed by atoms with van der Waals surface area (Å²) >= 11 is 5.91. The quantitative estimate of drug-likeness (QED) is 0.670. The summed E-state index contributed by atoms with van der Waals surface area (Å²) in [4.78, 5) is 12.4. The van der Waals surface area contributed by atoms with Crippen LogP contribution in [-0.4, -0.2) is 27.1 Å². The number of hydrogen-bond donors (Lipinski definition) is 1. The maximum Gasteiger partial charge on any atom is 0.416 e. The molecule has 0 heterocycles. The van der Waals surface area contributed by atoms with Crippen molar-refractivity contribution in [2.75, 3.05) is 17.1 Å². The van der Waals surface area contributed by atoms with E-state index >= 15 is 0 Å². The van der Waals surface area contributed by atoms with Crippen LogP contribution in [0.1, 0.15) is 24.1 Å². The molecule has 2 aromatic carbocycles. The number of anilines is 1. The van der Waals surface area contributed by atoms with Gasteiger partial charge < -0.3 is 5.32 Å². The molecule has 1 amide bonds. The van der Waals surface area contributed by atoms with Gasteiger partial charge in [0, 0.05) is 0 Å². The van der Waals surface area contributed by atoms with E-state index < -0.39 is 51.8 Å². The van der Waals surface area contributed by atoms with Crippen LogP contribution in [0.2, 0.25) is 5.02 Å². The van der Waals surface area contributed by atoms with Crippen molar-refractivity contribution in [1.29, 1.82) is 0 Å². The normalized spacial score (nSPS) is 13.1. The lowest BCUT2D eigenvalue weighted by atomic mass is 10.1. The largest absolute Gasteiger partial charge is 0.416 e. The minimum atomic E-state index is -4.72. The van der Waals surface area contributed by atoms with Crippen molar-refractivity contribution in [1.82, 2.24) is 5.32 Å². The second-order valence-electron chi connectivity index (χ2n) is 6.27. The molecule has 1 atom stereocenters. The molecule has 0 aliphatic carbocycles. The molecule has 0 radical (unpaired) electrons. The van der Waals surface area contributed by atoms with Gasteiger partial charge in [0.05, 0.1) is 28.6 Å². The monoisotopic (exact) mass is 452 g/mol. The summed E-state index contributed by atoms with van der Waals surface area (Å²) < 4.78 is 76.8. The first-order valence-corrected chi connectivity index (χ1v) is 10.4. The van der Waals surface area contributed by atoms with Crippen LogP contribution in [-0.2, 0) is 21.0 Å². The molecule has 2 aromatic rings. The molecule has 5 nitrogen and oxygen atoms in total. The average molecular weight is 453 g/mol. The minimum Gasteiger partial charge on any atom is -0.348 e. The van der Waals surface area contributed by atoms with Crippen LogP contribution in [0, 0.1) is 5.82 Å². The van der Waals surface area contributed by atoms with Gasteiger partial charge in [0.1, 0.15) is 12.4 Å². The topological polar surface area (TPSA) is 66.5 Å². The molecular formula is C18H17ClF4N2O3S. The highest BCUT2D eigenvalue weighted by Crippen LogP contribution is 2.36. The molecule has 0 fully saturated rings. The Labute approximate surface area is 170 Å². The van der Waals surface area contributed by atoms with E-state index in [-0.39, 0.29) is 5.02 Å². The van der Waals surface area contributed by atoms with E-state index in [9.17, 15) is 30.8 Å². The molecule has 0 aliphatic heterocycles. The van der Waals surface area contributed by atoms with Crippen LogP contribution in [0.25, 0.3) is 0 Å². The predicted molar refractivity (Wildman–Crippen MR) is 102 cm³/mol. The zero-order valence-electron chi connectivity index (χ0n) is 15.3. The number of sulfonamides is 1. The summed E-state index contributed by atoms with van der Waals surface area (Å²) in [6.07, 6.45) is -3.97. The third-order valence-electron chi connectivity index (χ3n) is 3.98. The second kappa shape index (κ2) is 8.58. The third-order valence-corrected chi connectivity index (χ3v) is 5.42. The van der Waals surface area contributed by atoms with Crippen molar-refractivity contribution < 1.29 is 30.8 Å². The summed E-state index contributed by atoms with van der Waals surface area (Å²) in [7, 11) is -4.13. The Bertz CT molecular complexity index is 995. The fourth-order valence-corrected chi connectivity index (χ4v) is 3.64. The summed E-state index contributed by atoms with van der Waals surface area (Å²) in [5.41, 5.74) is -1.01. The fraction of sp³-hybridized carbons (Fsp3) is 0.278. The van der Waals surface area contributed by atoms with Gasteiger partial charge in [0.2, 0.25) is 15.9 Å². The van der Waals surface area contributed by atoms with Crippen LogP contribution < -0.4 is 9.62 Å². The zero-order valence-corrected chi connectivity index (χ0v) is 16.9. The fourth-order valence-electron chi connectivity index (χ4n) is 2.51. The molecule has 1 N–H and O–H groups in total. The summed E-state index contributed by atoms with van der Waals surface area (Å²) in [5.74, 6) is -1.24. The Morgan fingerprint density at radius 2 is 1.76 bits per heavy atom. The molecule has 158 valence electrons. The minimum absolute atomic E-state index is 0.261. The highest BCUT2D eigenvalue weighted by Gasteiger charge is 2.33.